The van der Waals surface area contributed by atoms with E-state index in [1.807, 2.05) is 35.8 Å². The number of rotatable bonds is 9. The number of thioether (sulfide) groups is 1. The monoisotopic (exact) mass is 471 g/mol. The SMILES string of the molecule is C=CCn1c(SCC(=O)Nc2cccc(S(=O)(=O)N(C)C)c2)nnc1-c1cccc(C)c1. The number of allylic oxidation sites excluding steroid dienone is 1. The van der Waals surface area contributed by atoms with Crippen molar-refractivity contribution in [2.24, 2.45) is 0 Å². The molecule has 3 rings (SSSR count). The maximum absolute atomic E-state index is 12.5. The largest absolute Gasteiger partial charge is 0.325 e. The van der Waals surface area contributed by atoms with Gasteiger partial charge >= 0.3 is 0 Å². The Morgan fingerprint density at radius 2 is 1.94 bits per heavy atom. The molecule has 10 heteroatoms. The summed E-state index contributed by atoms with van der Waals surface area (Å²) in [6.45, 7) is 6.32. The predicted octanol–water partition coefficient (Wildman–Crippen LogP) is 3.42. The molecule has 0 aliphatic carbocycles. The second kappa shape index (κ2) is 10.1. The fourth-order valence-corrected chi connectivity index (χ4v) is 4.65. The van der Waals surface area contributed by atoms with Crippen molar-refractivity contribution in [3.05, 3.63) is 66.7 Å². The summed E-state index contributed by atoms with van der Waals surface area (Å²) in [7, 11) is -0.663. The Kier molecular flexibility index (Phi) is 7.49. The molecule has 0 spiro atoms. The minimum atomic E-state index is -3.58. The fourth-order valence-electron chi connectivity index (χ4n) is 2.96. The maximum atomic E-state index is 12.5. The lowest BCUT2D eigenvalue weighted by Gasteiger charge is -2.12. The number of carbonyl (C=O) groups excluding carboxylic acids is 1. The third kappa shape index (κ3) is 5.45. The normalized spacial score (nSPS) is 11.5. The van der Waals surface area contributed by atoms with Crippen LogP contribution in [0, 0.1) is 6.92 Å². The Labute approximate surface area is 192 Å². The van der Waals surface area contributed by atoms with Gasteiger partial charge in [-0.3, -0.25) is 9.36 Å². The molecule has 1 N–H and O–H groups in total. The molecule has 2 aromatic carbocycles. The van der Waals surface area contributed by atoms with Gasteiger partial charge in [0.1, 0.15) is 0 Å². The number of sulfonamides is 1. The Balaban J connectivity index is 1.72. The molecule has 0 atom stereocenters. The summed E-state index contributed by atoms with van der Waals surface area (Å²) in [5, 5.41) is 11.9. The van der Waals surface area contributed by atoms with Crippen LogP contribution < -0.4 is 5.32 Å². The van der Waals surface area contributed by atoms with E-state index in [1.165, 1.54) is 38.0 Å². The first-order valence-corrected chi connectivity index (χ1v) is 12.2. The van der Waals surface area contributed by atoms with E-state index < -0.39 is 10.0 Å². The minimum absolute atomic E-state index is 0.0910. The average Bonchev–Trinajstić information content (AvgIpc) is 3.15. The van der Waals surface area contributed by atoms with Gasteiger partial charge in [0.25, 0.3) is 0 Å². The predicted molar refractivity (Wildman–Crippen MR) is 127 cm³/mol. The summed E-state index contributed by atoms with van der Waals surface area (Å²) >= 11 is 1.25. The standard InChI is InChI=1S/C22H25N5O3S2/c1-5-12-27-21(17-9-6-8-16(2)13-17)24-25-22(27)31-15-20(28)23-18-10-7-11-19(14-18)32(29,30)26(3)4/h5-11,13-14H,1,12,15H2,2-4H3,(H,23,28). The van der Waals surface area contributed by atoms with Crippen molar-refractivity contribution in [1.82, 2.24) is 19.1 Å². The fraction of sp³-hybridized carbons (Fsp3) is 0.227. The van der Waals surface area contributed by atoms with Gasteiger partial charge in [-0.15, -0.1) is 16.8 Å². The van der Waals surface area contributed by atoms with Crippen molar-refractivity contribution < 1.29 is 13.2 Å². The van der Waals surface area contributed by atoms with Crippen LogP contribution in [0.1, 0.15) is 5.56 Å². The third-order valence-electron chi connectivity index (χ3n) is 4.53. The third-order valence-corrected chi connectivity index (χ3v) is 7.31. The number of carbonyl (C=O) groups is 1. The van der Waals surface area contributed by atoms with E-state index in [9.17, 15) is 13.2 Å². The molecule has 1 amide bonds. The zero-order valence-electron chi connectivity index (χ0n) is 18.1. The molecule has 0 saturated heterocycles. The van der Waals surface area contributed by atoms with Gasteiger partial charge in [-0.2, -0.15) is 0 Å². The molecule has 32 heavy (non-hydrogen) atoms. The quantitative estimate of drug-likeness (QED) is 0.379. The first-order chi connectivity index (χ1) is 15.2. The number of nitrogens with one attached hydrogen (secondary N) is 1. The highest BCUT2D eigenvalue weighted by molar-refractivity contribution is 7.99. The van der Waals surface area contributed by atoms with E-state index in [-0.39, 0.29) is 16.6 Å². The van der Waals surface area contributed by atoms with E-state index in [4.69, 9.17) is 0 Å². The number of aryl methyl sites for hydroxylation is 1. The van der Waals surface area contributed by atoms with Crippen molar-refractivity contribution in [2.75, 3.05) is 25.2 Å². The number of hydrogen-bond acceptors (Lipinski definition) is 6. The van der Waals surface area contributed by atoms with Crippen LogP contribution in [0.15, 0.2) is 71.2 Å². The second-order valence-electron chi connectivity index (χ2n) is 7.23. The molecule has 0 aliphatic rings. The number of amides is 1. The van der Waals surface area contributed by atoms with Gasteiger partial charge in [0, 0.05) is 31.9 Å². The van der Waals surface area contributed by atoms with Crippen LogP contribution in [-0.2, 0) is 21.4 Å². The zero-order valence-corrected chi connectivity index (χ0v) is 19.8. The van der Waals surface area contributed by atoms with E-state index in [0.29, 0.717) is 23.2 Å². The van der Waals surface area contributed by atoms with Gasteiger partial charge in [0.05, 0.1) is 10.6 Å². The molecule has 0 fully saturated rings. The molecule has 0 radical (unpaired) electrons. The van der Waals surface area contributed by atoms with Crippen LogP contribution >= 0.6 is 11.8 Å². The van der Waals surface area contributed by atoms with Gasteiger partial charge in [-0.25, -0.2) is 12.7 Å². The molecule has 3 aromatic rings. The van der Waals surface area contributed by atoms with Crippen molar-refractivity contribution in [3.63, 3.8) is 0 Å². The molecule has 168 valence electrons. The van der Waals surface area contributed by atoms with Crippen LogP contribution in [0.2, 0.25) is 0 Å². The number of anilines is 1. The lowest BCUT2D eigenvalue weighted by atomic mass is 10.1. The van der Waals surface area contributed by atoms with Crippen LogP contribution in [-0.4, -0.2) is 53.2 Å². The minimum Gasteiger partial charge on any atom is -0.325 e. The van der Waals surface area contributed by atoms with Gasteiger partial charge in [-0.05, 0) is 31.2 Å². The smallest absolute Gasteiger partial charge is 0.242 e. The first-order valence-electron chi connectivity index (χ1n) is 9.78. The zero-order chi connectivity index (χ0) is 23.3. The van der Waals surface area contributed by atoms with Crippen molar-refractivity contribution in [2.45, 2.75) is 23.5 Å². The maximum Gasteiger partial charge on any atom is 0.242 e. The van der Waals surface area contributed by atoms with Crippen molar-refractivity contribution in [1.29, 1.82) is 0 Å². The highest BCUT2D eigenvalue weighted by Gasteiger charge is 2.18. The van der Waals surface area contributed by atoms with Crippen LogP contribution in [0.25, 0.3) is 11.4 Å². The summed E-state index contributed by atoms with van der Waals surface area (Å²) in [4.78, 5) is 12.6. The molecular weight excluding hydrogens is 446 g/mol. The van der Waals surface area contributed by atoms with E-state index in [0.717, 1.165) is 15.4 Å². The lowest BCUT2D eigenvalue weighted by molar-refractivity contribution is -0.113. The topological polar surface area (TPSA) is 97.2 Å². The van der Waals surface area contributed by atoms with Gasteiger partial charge < -0.3 is 5.32 Å². The van der Waals surface area contributed by atoms with Crippen LogP contribution in [0.3, 0.4) is 0 Å². The molecule has 8 nitrogen and oxygen atoms in total. The summed E-state index contributed by atoms with van der Waals surface area (Å²) in [5.74, 6) is 0.520. The van der Waals surface area contributed by atoms with Gasteiger partial charge in [0.15, 0.2) is 11.0 Å². The van der Waals surface area contributed by atoms with Gasteiger partial charge in [0.2, 0.25) is 15.9 Å². The second-order valence-corrected chi connectivity index (χ2v) is 10.3. The summed E-state index contributed by atoms with van der Waals surface area (Å²) in [5.41, 5.74) is 2.46. The molecule has 0 saturated carbocycles. The molecule has 1 aromatic heterocycles. The van der Waals surface area contributed by atoms with E-state index >= 15 is 0 Å². The highest BCUT2D eigenvalue weighted by atomic mass is 32.2. The van der Waals surface area contributed by atoms with Crippen LogP contribution in [0.5, 0.6) is 0 Å². The Morgan fingerprint density at radius 3 is 2.62 bits per heavy atom. The van der Waals surface area contributed by atoms with E-state index in [1.54, 1.807) is 18.2 Å². The van der Waals surface area contributed by atoms with Crippen molar-refractivity contribution >= 4 is 33.4 Å². The lowest BCUT2D eigenvalue weighted by Crippen LogP contribution is -2.22. The van der Waals surface area contributed by atoms with Gasteiger partial charge in [-0.1, -0.05) is 47.7 Å². The number of hydrogen-bond donors (Lipinski definition) is 1. The highest BCUT2D eigenvalue weighted by Crippen LogP contribution is 2.25. The Bertz CT molecular complexity index is 1240. The first kappa shape index (κ1) is 23.7. The number of nitrogens with zero attached hydrogens (tertiary/aromatic N) is 4. The summed E-state index contributed by atoms with van der Waals surface area (Å²) in [6, 6.07) is 14.1. The molecule has 0 unspecified atom stereocenters. The number of benzene rings is 2. The molecule has 0 bridgehead atoms. The average molecular weight is 472 g/mol. The van der Waals surface area contributed by atoms with Crippen LogP contribution in [0.4, 0.5) is 5.69 Å². The van der Waals surface area contributed by atoms with Crippen molar-refractivity contribution in [3.8, 4) is 11.4 Å². The molecule has 0 aliphatic heterocycles. The summed E-state index contributed by atoms with van der Waals surface area (Å²) < 4.78 is 27.6. The Morgan fingerprint density at radius 1 is 1.19 bits per heavy atom. The molecule has 1 heterocycles. The summed E-state index contributed by atoms with van der Waals surface area (Å²) in [6.07, 6.45) is 1.75. The van der Waals surface area contributed by atoms with E-state index in [2.05, 4.69) is 22.1 Å². The Hall–Kier alpha value is -2.95. The number of aromatic nitrogens is 3. The molecular formula is C22H25N5O3S2.